The number of carbonyl (C=O) groups excluding carboxylic acids is 1. The van der Waals surface area contributed by atoms with Crippen molar-refractivity contribution >= 4 is 15.9 Å². The number of rotatable bonds is 2. The van der Waals surface area contributed by atoms with Gasteiger partial charge in [-0.3, -0.25) is 4.79 Å². The van der Waals surface area contributed by atoms with Gasteiger partial charge in [-0.2, -0.15) is 0 Å². The fraction of sp³-hybridized carbons (Fsp3) is 0.750. The molecule has 3 aliphatic heterocycles. The predicted octanol–water partition coefficient (Wildman–Crippen LogP) is -0.609. The SMILES string of the molecule is CS(=O)(=O)N1CCC2(CC1)O[C@H](C(=O)N1CCOCC1)Cn1ccnc12. The van der Waals surface area contributed by atoms with E-state index < -0.39 is 21.7 Å². The van der Waals surface area contributed by atoms with E-state index in [1.807, 2.05) is 10.8 Å². The van der Waals surface area contributed by atoms with Gasteiger partial charge in [0.15, 0.2) is 6.10 Å². The van der Waals surface area contributed by atoms with Crippen LogP contribution >= 0.6 is 0 Å². The molecule has 0 bridgehead atoms. The van der Waals surface area contributed by atoms with Crippen LogP contribution in [0.2, 0.25) is 0 Å². The summed E-state index contributed by atoms with van der Waals surface area (Å²) in [6.07, 6.45) is 5.19. The summed E-state index contributed by atoms with van der Waals surface area (Å²) in [5.41, 5.74) is -0.713. The Bertz CT molecular complexity index is 778. The van der Waals surface area contributed by atoms with Gasteiger partial charge in [0, 0.05) is 38.6 Å². The standard InChI is InChI=1S/C16H24N4O5S/c1-26(22,23)20-5-2-16(3-6-20)15-17-4-7-19(15)12-13(25-16)14(21)18-8-10-24-11-9-18/h4,7,13H,2-3,5-6,8-12H2,1H3/t13-/m0/s1. The van der Waals surface area contributed by atoms with E-state index in [4.69, 9.17) is 9.47 Å². The molecule has 0 radical (unpaired) electrons. The van der Waals surface area contributed by atoms with Crippen LogP contribution in [0, 0.1) is 0 Å². The highest BCUT2D eigenvalue weighted by atomic mass is 32.2. The van der Waals surface area contributed by atoms with Crippen LogP contribution in [0.15, 0.2) is 12.4 Å². The number of amides is 1. The molecule has 9 nitrogen and oxygen atoms in total. The zero-order chi connectivity index (χ0) is 18.4. The number of hydrogen-bond acceptors (Lipinski definition) is 6. The third-order valence-corrected chi connectivity index (χ3v) is 6.75. The van der Waals surface area contributed by atoms with Gasteiger partial charge in [-0.1, -0.05) is 0 Å². The van der Waals surface area contributed by atoms with Gasteiger partial charge in [0.05, 0.1) is 26.0 Å². The fourth-order valence-electron chi connectivity index (χ4n) is 4.03. The predicted molar refractivity (Wildman–Crippen MR) is 91.8 cm³/mol. The molecule has 4 rings (SSSR count). The van der Waals surface area contributed by atoms with E-state index in [2.05, 4.69) is 4.98 Å². The van der Waals surface area contributed by atoms with Crippen molar-refractivity contribution in [1.82, 2.24) is 18.8 Å². The number of piperidine rings is 1. The van der Waals surface area contributed by atoms with E-state index in [9.17, 15) is 13.2 Å². The minimum Gasteiger partial charge on any atom is -0.378 e. The van der Waals surface area contributed by atoms with Gasteiger partial charge in [-0.05, 0) is 12.8 Å². The molecule has 144 valence electrons. The lowest BCUT2D eigenvalue weighted by Gasteiger charge is -2.45. The average Bonchev–Trinajstić information content (AvgIpc) is 3.11. The van der Waals surface area contributed by atoms with Crippen molar-refractivity contribution in [2.24, 2.45) is 0 Å². The van der Waals surface area contributed by atoms with E-state index in [1.165, 1.54) is 10.6 Å². The van der Waals surface area contributed by atoms with Crippen LogP contribution in [0.25, 0.3) is 0 Å². The van der Waals surface area contributed by atoms with Crippen LogP contribution in [0.3, 0.4) is 0 Å². The summed E-state index contributed by atoms with van der Waals surface area (Å²) in [4.78, 5) is 19.2. The Labute approximate surface area is 152 Å². The van der Waals surface area contributed by atoms with Gasteiger partial charge in [0.2, 0.25) is 10.0 Å². The Hall–Kier alpha value is -1.49. The molecule has 1 atom stereocenters. The maximum absolute atomic E-state index is 12.9. The summed E-state index contributed by atoms with van der Waals surface area (Å²) in [7, 11) is -3.23. The van der Waals surface area contributed by atoms with Crippen LogP contribution in [0.1, 0.15) is 18.7 Å². The number of carbonyl (C=O) groups is 1. The van der Waals surface area contributed by atoms with Gasteiger partial charge in [0.1, 0.15) is 11.4 Å². The molecule has 4 heterocycles. The number of aromatic nitrogens is 2. The number of hydrogen-bond donors (Lipinski definition) is 0. The maximum atomic E-state index is 12.9. The number of morpholine rings is 1. The first-order chi connectivity index (χ1) is 12.4. The summed E-state index contributed by atoms with van der Waals surface area (Å²) >= 11 is 0. The first-order valence-corrected chi connectivity index (χ1v) is 10.7. The average molecular weight is 384 g/mol. The number of nitrogens with zero attached hydrogens (tertiary/aromatic N) is 4. The molecule has 3 aliphatic rings. The lowest BCUT2D eigenvalue weighted by atomic mass is 9.89. The molecule has 2 saturated heterocycles. The van der Waals surface area contributed by atoms with E-state index in [1.54, 1.807) is 11.1 Å². The largest absolute Gasteiger partial charge is 0.378 e. The van der Waals surface area contributed by atoms with Crippen molar-refractivity contribution in [2.75, 3.05) is 45.6 Å². The van der Waals surface area contributed by atoms with Crippen LogP contribution in [-0.4, -0.2) is 84.8 Å². The zero-order valence-electron chi connectivity index (χ0n) is 14.8. The van der Waals surface area contributed by atoms with Crippen molar-refractivity contribution < 1.29 is 22.7 Å². The molecule has 1 spiro atoms. The van der Waals surface area contributed by atoms with Crippen molar-refractivity contribution in [3.8, 4) is 0 Å². The van der Waals surface area contributed by atoms with E-state index in [0.717, 1.165) is 5.82 Å². The van der Waals surface area contributed by atoms with Gasteiger partial charge in [-0.15, -0.1) is 0 Å². The van der Waals surface area contributed by atoms with Crippen molar-refractivity contribution in [1.29, 1.82) is 0 Å². The zero-order valence-corrected chi connectivity index (χ0v) is 15.7. The molecule has 0 saturated carbocycles. The fourth-order valence-corrected chi connectivity index (χ4v) is 4.88. The van der Waals surface area contributed by atoms with E-state index in [-0.39, 0.29) is 5.91 Å². The topological polar surface area (TPSA) is 94.0 Å². The normalized spacial score (nSPS) is 26.7. The van der Waals surface area contributed by atoms with Crippen LogP contribution < -0.4 is 0 Å². The Morgan fingerprint density at radius 2 is 1.92 bits per heavy atom. The number of imidazole rings is 1. The monoisotopic (exact) mass is 384 g/mol. The second-order valence-electron chi connectivity index (χ2n) is 7.10. The van der Waals surface area contributed by atoms with Gasteiger partial charge >= 0.3 is 0 Å². The highest BCUT2D eigenvalue weighted by Gasteiger charge is 2.48. The second-order valence-corrected chi connectivity index (χ2v) is 9.09. The molecule has 26 heavy (non-hydrogen) atoms. The summed E-state index contributed by atoms with van der Waals surface area (Å²) in [5, 5.41) is 0. The lowest BCUT2D eigenvalue weighted by Crippen LogP contribution is -2.56. The quantitative estimate of drug-likeness (QED) is 0.675. The first-order valence-electron chi connectivity index (χ1n) is 8.90. The number of fused-ring (bicyclic) bond motifs is 2. The third kappa shape index (κ3) is 3.15. The Kier molecular flexibility index (Phi) is 4.54. The van der Waals surface area contributed by atoms with Crippen LogP contribution in [-0.2, 0) is 36.4 Å². The van der Waals surface area contributed by atoms with Crippen molar-refractivity contribution in [2.45, 2.75) is 31.1 Å². The third-order valence-electron chi connectivity index (χ3n) is 5.45. The summed E-state index contributed by atoms with van der Waals surface area (Å²) in [6.45, 7) is 3.40. The summed E-state index contributed by atoms with van der Waals surface area (Å²) in [6, 6.07) is 0. The smallest absolute Gasteiger partial charge is 0.253 e. The molecule has 1 aromatic rings. The lowest BCUT2D eigenvalue weighted by molar-refractivity contribution is -0.181. The van der Waals surface area contributed by atoms with E-state index in [0.29, 0.717) is 58.8 Å². The molecular weight excluding hydrogens is 360 g/mol. The minimum absolute atomic E-state index is 0.0300. The Morgan fingerprint density at radius 1 is 1.23 bits per heavy atom. The number of sulfonamides is 1. The van der Waals surface area contributed by atoms with E-state index >= 15 is 0 Å². The highest BCUT2D eigenvalue weighted by Crippen LogP contribution is 2.40. The molecule has 0 N–H and O–H groups in total. The molecule has 0 aromatic carbocycles. The maximum Gasteiger partial charge on any atom is 0.253 e. The molecule has 10 heteroatoms. The molecular formula is C16H24N4O5S. The molecule has 0 aliphatic carbocycles. The van der Waals surface area contributed by atoms with Gasteiger partial charge in [0.25, 0.3) is 5.91 Å². The van der Waals surface area contributed by atoms with Gasteiger partial charge in [-0.25, -0.2) is 17.7 Å². The molecule has 0 unspecified atom stereocenters. The Morgan fingerprint density at radius 3 is 2.58 bits per heavy atom. The number of ether oxygens (including phenoxy) is 2. The van der Waals surface area contributed by atoms with Crippen LogP contribution in [0.4, 0.5) is 0 Å². The van der Waals surface area contributed by atoms with Gasteiger partial charge < -0.3 is 18.9 Å². The Balaban J connectivity index is 1.56. The summed E-state index contributed by atoms with van der Waals surface area (Å²) < 4.78 is 38.7. The van der Waals surface area contributed by atoms with Crippen molar-refractivity contribution in [3.05, 3.63) is 18.2 Å². The molecule has 2 fully saturated rings. The molecule has 1 aromatic heterocycles. The second kappa shape index (κ2) is 6.59. The molecule has 1 amide bonds. The summed E-state index contributed by atoms with van der Waals surface area (Å²) in [5.74, 6) is 0.759. The highest BCUT2D eigenvalue weighted by molar-refractivity contribution is 7.88. The van der Waals surface area contributed by atoms with Crippen molar-refractivity contribution in [3.63, 3.8) is 0 Å². The first kappa shape index (κ1) is 17.9. The minimum atomic E-state index is -3.23. The van der Waals surface area contributed by atoms with Crippen LogP contribution in [0.5, 0.6) is 0 Å².